The van der Waals surface area contributed by atoms with Crippen LogP contribution in [0.3, 0.4) is 0 Å². The van der Waals surface area contributed by atoms with Gasteiger partial charge in [0.2, 0.25) is 5.91 Å². The summed E-state index contributed by atoms with van der Waals surface area (Å²) in [6.07, 6.45) is 2.30. The molecule has 0 aliphatic carbocycles. The summed E-state index contributed by atoms with van der Waals surface area (Å²) in [5, 5.41) is 6.24. The highest BCUT2D eigenvalue weighted by Crippen LogP contribution is 2.13. The fourth-order valence-corrected chi connectivity index (χ4v) is 2.93. The zero-order valence-electron chi connectivity index (χ0n) is 13.4. The number of nitrogens with one attached hydrogen (secondary N) is 2. The molecule has 0 aliphatic rings. The van der Waals surface area contributed by atoms with Gasteiger partial charge in [-0.2, -0.15) is 11.8 Å². The molecule has 1 amide bonds. The number of thioether (sulfide) groups is 1. The second-order valence-electron chi connectivity index (χ2n) is 5.15. The number of carbonyl (C=O) groups excluding carboxylic acids is 1. The van der Waals surface area contributed by atoms with Gasteiger partial charge in [0.25, 0.3) is 0 Å². The van der Waals surface area contributed by atoms with Gasteiger partial charge in [0.05, 0.1) is 5.69 Å². The van der Waals surface area contributed by atoms with Crippen LogP contribution in [0, 0.1) is 0 Å². The molecule has 4 nitrogen and oxygen atoms in total. The number of aromatic nitrogens is 1. The fourth-order valence-electron chi connectivity index (χ4n) is 2.08. The Balaban J connectivity index is 1.70. The average Bonchev–Trinajstić information content (AvgIpc) is 2.58. The summed E-state index contributed by atoms with van der Waals surface area (Å²) in [5.41, 5.74) is 3.09. The van der Waals surface area contributed by atoms with Crippen LogP contribution >= 0.6 is 11.8 Å². The molecule has 122 valence electrons. The largest absolute Gasteiger partial charge is 0.326 e. The molecule has 0 fully saturated rings. The van der Waals surface area contributed by atoms with Gasteiger partial charge in [0.15, 0.2) is 0 Å². The lowest BCUT2D eigenvalue weighted by atomic mass is 10.2. The third-order valence-electron chi connectivity index (χ3n) is 3.24. The van der Waals surface area contributed by atoms with Crippen molar-refractivity contribution in [1.29, 1.82) is 0 Å². The lowest BCUT2D eigenvalue weighted by Gasteiger charge is -2.08. The van der Waals surface area contributed by atoms with E-state index in [1.807, 2.05) is 36.4 Å². The first kappa shape index (κ1) is 17.5. The average molecular weight is 329 g/mol. The minimum atomic E-state index is 0.0547. The molecule has 2 N–H and O–H groups in total. The second kappa shape index (κ2) is 10.0. The first-order valence-electron chi connectivity index (χ1n) is 7.85. The van der Waals surface area contributed by atoms with E-state index in [-0.39, 0.29) is 5.91 Å². The SMILES string of the molecule is CCNCc1cccc(NC(=O)CCSCc2ccccn2)c1. The Hall–Kier alpha value is -1.85. The van der Waals surface area contributed by atoms with E-state index in [9.17, 15) is 4.79 Å². The van der Waals surface area contributed by atoms with Crippen molar-refractivity contribution < 1.29 is 4.79 Å². The van der Waals surface area contributed by atoms with Gasteiger partial charge in [0, 0.05) is 36.4 Å². The topological polar surface area (TPSA) is 54.0 Å². The molecular formula is C18H23N3OS. The van der Waals surface area contributed by atoms with Crippen LogP contribution in [0.1, 0.15) is 24.6 Å². The Morgan fingerprint density at radius 1 is 1.22 bits per heavy atom. The molecule has 0 saturated heterocycles. The Bertz CT molecular complexity index is 604. The van der Waals surface area contributed by atoms with Crippen LogP contribution < -0.4 is 10.6 Å². The molecule has 0 atom stereocenters. The van der Waals surface area contributed by atoms with Crippen LogP contribution in [0.5, 0.6) is 0 Å². The van der Waals surface area contributed by atoms with Crippen LogP contribution in [0.25, 0.3) is 0 Å². The number of nitrogens with zero attached hydrogens (tertiary/aromatic N) is 1. The zero-order valence-corrected chi connectivity index (χ0v) is 14.2. The number of rotatable bonds is 9. The molecule has 0 aliphatic heterocycles. The highest BCUT2D eigenvalue weighted by atomic mass is 32.2. The molecule has 5 heteroatoms. The van der Waals surface area contributed by atoms with Crippen molar-refractivity contribution in [2.45, 2.75) is 25.6 Å². The molecule has 0 spiro atoms. The summed E-state index contributed by atoms with van der Waals surface area (Å²) >= 11 is 1.73. The van der Waals surface area contributed by atoms with E-state index in [1.165, 1.54) is 5.56 Å². The molecule has 2 aromatic rings. The number of hydrogen-bond acceptors (Lipinski definition) is 4. The Kier molecular flexibility index (Phi) is 7.63. The Morgan fingerprint density at radius 2 is 2.13 bits per heavy atom. The monoisotopic (exact) mass is 329 g/mol. The maximum absolute atomic E-state index is 12.0. The van der Waals surface area contributed by atoms with Crippen LogP contribution in [0.2, 0.25) is 0 Å². The molecule has 2 rings (SSSR count). The van der Waals surface area contributed by atoms with E-state index in [0.29, 0.717) is 6.42 Å². The summed E-state index contributed by atoms with van der Waals surface area (Å²) in [5.74, 6) is 1.69. The fraction of sp³-hybridized carbons (Fsp3) is 0.333. The minimum Gasteiger partial charge on any atom is -0.326 e. The molecule has 1 heterocycles. The first-order valence-corrected chi connectivity index (χ1v) is 9.00. The summed E-state index contributed by atoms with van der Waals surface area (Å²) in [7, 11) is 0. The third kappa shape index (κ3) is 6.84. The van der Waals surface area contributed by atoms with Gasteiger partial charge in [0.1, 0.15) is 0 Å². The molecule has 0 saturated carbocycles. The van der Waals surface area contributed by atoms with Crippen LogP contribution in [-0.2, 0) is 17.1 Å². The van der Waals surface area contributed by atoms with Crippen LogP contribution in [-0.4, -0.2) is 23.2 Å². The molecule has 0 radical (unpaired) electrons. The summed E-state index contributed by atoms with van der Waals surface area (Å²) in [4.78, 5) is 16.3. The zero-order chi connectivity index (χ0) is 16.3. The van der Waals surface area contributed by atoms with Gasteiger partial charge < -0.3 is 10.6 Å². The molecule has 1 aromatic heterocycles. The second-order valence-corrected chi connectivity index (χ2v) is 6.26. The lowest BCUT2D eigenvalue weighted by Crippen LogP contribution is -2.14. The number of hydrogen-bond donors (Lipinski definition) is 2. The predicted molar refractivity (Wildman–Crippen MR) is 97.5 cm³/mol. The number of anilines is 1. The van der Waals surface area contributed by atoms with Gasteiger partial charge >= 0.3 is 0 Å². The Labute approximate surface area is 142 Å². The Morgan fingerprint density at radius 3 is 2.91 bits per heavy atom. The summed E-state index contributed by atoms with van der Waals surface area (Å²) < 4.78 is 0. The normalized spacial score (nSPS) is 10.5. The highest BCUT2D eigenvalue weighted by Gasteiger charge is 2.04. The van der Waals surface area contributed by atoms with Gasteiger partial charge in [-0.05, 0) is 36.4 Å². The quantitative estimate of drug-likeness (QED) is 0.692. The van der Waals surface area contributed by atoms with Crippen LogP contribution in [0.15, 0.2) is 48.7 Å². The summed E-state index contributed by atoms with van der Waals surface area (Å²) in [6.45, 7) is 3.83. The van der Waals surface area contributed by atoms with E-state index in [4.69, 9.17) is 0 Å². The van der Waals surface area contributed by atoms with Crippen molar-refractivity contribution in [2.75, 3.05) is 17.6 Å². The van der Waals surface area contributed by atoms with Gasteiger partial charge in [-0.1, -0.05) is 25.1 Å². The number of carbonyl (C=O) groups is 1. The maximum Gasteiger partial charge on any atom is 0.225 e. The van der Waals surface area contributed by atoms with E-state index in [1.54, 1.807) is 18.0 Å². The number of amides is 1. The van der Waals surface area contributed by atoms with Crippen molar-refractivity contribution in [3.8, 4) is 0 Å². The van der Waals surface area contributed by atoms with Crippen molar-refractivity contribution in [3.63, 3.8) is 0 Å². The van der Waals surface area contributed by atoms with Crippen LogP contribution in [0.4, 0.5) is 5.69 Å². The number of benzene rings is 1. The maximum atomic E-state index is 12.0. The highest BCUT2D eigenvalue weighted by molar-refractivity contribution is 7.98. The molecule has 1 aromatic carbocycles. The molecule has 23 heavy (non-hydrogen) atoms. The van der Waals surface area contributed by atoms with Crippen molar-refractivity contribution in [3.05, 3.63) is 59.9 Å². The van der Waals surface area contributed by atoms with Crippen molar-refractivity contribution in [1.82, 2.24) is 10.3 Å². The molecule has 0 bridgehead atoms. The smallest absolute Gasteiger partial charge is 0.225 e. The van der Waals surface area contributed by atoms with E-state index >= 15 is 0 Å². The van der Waals surface area contributed by atoms with Gasteiger partial charge in [-0.15, -0.1) is 0 Å². The predicted octanol–water partition coefficient (Wildman–Crippen LogP) is 3.45. The minimum absolute atomic E-state index is 0.0547. The lowest BCUT2D eigenvalue weighted by molar-refractivity contribution is -0.115. The third-order valence-corrected chi connectivity index (χ3v) is 4.23. The van der Waals surface area contributed by atoms with Gasteiger partial charge in [-0.3, -0.25) is 9.78 Å². The van der Waals surface area contributed by atoms with Crippen molar-refractivity contribution in [2.24, 2.45) is 0 Å². The van der Waals surface area contributed by atoms with E-state index < -0.39 is 0 Å². The molecular weight excluding hydrogens is 306 g/mol. The molecule has 0 unspecified atom stereocenters. The first-order chi connectivity index (χ1) is 11.3. The van der Waals surface area contributed by atoms with E-state index in [2.05, 4.69) is 28.6 Å². The van der Waals surface area contributed by atoms with Crippen molar-refractivity contribution >= 4 is 23.4 Å². The van der Waals surface area contributed by atoms with E-state index in [0.717, 1.165) is 36.0 Å². The standard InChI is InChI=1S/C18H23N3OS/c1-2-19-13-15-6-5-8-16(12-15)21-18(22)9-11-23-14-17-7-3-4-10-20-17/h3-8,10,12,19H,2,9,11,13-14H2,1H3,(H,21,22). The number of pyridine rings is 1. The van der Waals surface area contributed by atoms with Gasteiger partial charge in [-0.25, -0.2) is 0 Å². The summed E-state index contributed by atoms with van der Waals surface area (Å²) in [6, 6.07) is 13.9.